The predicted octanol–water partition coefficient (Wildman–Crippen LogP) is 1.54. The number of benzene rings is 1. The number of anilines is 1. The van der Waals surface area contributed by atoms with Gasteiger partial charge in [-0.25, -0.2) is 9.36 Å². The molecular formula is C14H17N3O2. The first-order valence-electron chi connectivity index (χ1n) is 6.13. The van der Waals surface area contributed by atoms with Crippen molar-refractivity contribution in [2.24, 2.45) is 0 Å². The Morgan fingerprint density at radius 3 is 2.53 bits per heavy atom. The lowest BCUT2D eigenvalue weighted by molar-refractivity contribution is 0.821. The highest BCUT2D eigenvalue weighted by atomic mass is 16.2. The van der Waals surface area contributed by atoms with E-state index >= 15 is 0 Å². The van der Waals surface area contributed by atoms with E-state index < -0.39 is 11.2 Å². The molecule has 2 rings (SSSR count). The van der Waals surface area contributed by atoms with Crippen molar-refractivity contribution in [1.29, 1.82) is 0 Å². The molecule has 1 heterocycles. The second-order valence-electron chi connectivity index (χ2n) is 4.87. The van der Waals surface area contributed by atoms with E-state index in [2.05, 4.69) is 4.98 Å². The Labute approximate surface area is 110 Å². The van der Waals surface area contributed by atoms with Crippen LogP contribution in [0.25, 0.3) is 5.69 Å². The molecule has 5 heteroatoms. The number of hydrogen-bond acceptors (Lipinski definition) is 3. The molecule has 0 spiro atoms. The second kappa shape index (κ2) is 4.76. The van der Waals surface area contributed by atoms with Crippen LogP contribution in [0.1, 0.15) is 30.9 Å². The summed E-state index contributed by atoms with van der Waals surface area (Å²) >= 11 is 0. The van der Waals surface area contributed by atoms with Crippen molar-refractivity contribution < 1.29 is 0 Å². The van der Waals surface area contributed by atoms with Crippen LogP contribution in [0, 0.1) is 6.92 Å². The van der Waals surface area contributed by atoms with E-state index in [1.807, 2.05) is 39.0 Å². The van der Waals surface area contributed by atoms with E-state index in [0.717, 1.165) is 16.8 Å². The van der Waals surface area contributed by atoms with Gasteiger partial charge in [0.1, 0.15) is 5.82 Å². The zero-order chi connectivity index (χ0) is 14.2. The molecule has 5 nitrogen and oxygen atoms in total. The van der Waals surface area contributed by atoms with Crippen molar-refractivity contribution in [3.05, 3.63) is 56.2 Å². The Bertz CT molecular complexity index is 726. The standard InChI is InChI=1S/C14H17N3O2/c1-8(2)10-6-4-5-9(3)13(10)17-11(15)7-12(18)16-14(17)19/h4-8H,15H2,1-3H3,(H,16,18,19). The summed E-state index contributed by atoms with van der Waals surface area (Å²) in [5, 5.41) is 0. The number of aromatic nitrogens is 2. The van der Waals surface area contributed by atoms with Gasteiger partial charge in [-0.2, -0.15) is 0 Å². The molecule has 3 N–H and O–H groups in total. The maximum Gasteiger partial charge on any atom is 0.334 e. The van der Waals surface area contributed by atoms with Crippen LogP contribution < -0.4 is 17.0 Å². The maximum atomic E-state index is 12.0. The molecule has 0 bridgehead atoms. The molecule has 0 atom stereocenters. The van der Waals surface area contributed by atoms with Crippen LogP contribution in [0.4, 0.5) is 5.82 Å². The molecule has 0 radical (unpaired) electrons. The smallest absolute Gasteiger partial charge is 0.334 e. The van der Waals surface area contributed by atoms with Crippen LogP contribution in [0.15, 0.2) is 33.9 Å². The summed E-state index contributed by atoms with van der Waals surface area (Å²) in [5.74, 6) is 0.387. The largest absolute Gasteiger partial charge is 0.385 e. The summed E-state index contributed by atoms with van der Waals surface area (Å²) in [4.78, 5) is 25.5. The molecule has 1 aromatic carbocycles. The van der Waals surface area contributed by atoms with Gasteiger partial charge in [0, 0.05) is 6.07 Å². The second-order valence-corrected chi connectivity index (χ2v) is 4.87. The number of nitrogens with two attached hydrogens (primary N) is 1. The van der Waals surface area contributed by atoms with Gasteiger partial charge in [-0.3, -0.25) is 9.78 Å². The molecule has 0 aliphatic carbocycles. The van der Waals surface area contributed by atoms with Gasteiger partial charge in [0.2, 0.25) is 0 Å². The van der Waals surface area contributed by atoms with Crippen LogP contribution in [-0.2, 0) is 0 Å². The number of hydrogen-bond donors (Lipinski definition) is 2. The first-order chi connectivity index (χ1) is 8.91. The highest BCUT2D eigenvalue weighted by Crippen LogP contribution is 2.26. The fraction of sp³-hybridized carbons (Fsp3) is 0.286. The lowest BCUT2D eigenvalue weighted by Gasteiger charge is -2.18. The number of aromatic amines is 1. The predicted molar refractivity (Wildman–Crippen MR) is 75.9 cm³/mol. The Morgan fingerprint density at radius 1 is 1.26 bits per heavy atom. The monoisotopic (exact) mass is 259 g/mol. The fourth-order valence-corrected chi connectivity index (χ4v) is 2.20. The summed E-state index contributed by atoms with van der Waals surface area (Å²) in [7, 11) is 0. The first kappa shape index (κ1) is 13.1. The zero-order valence-corrected chi connectivity index (χ0v) is 11.2. The van der Waals surface area contributed by atoms with Gasteiger partial charge < -0.3 is 5.73 Å². The van der Waals surface area contributed by atoms with Gasteiger partial charge in [0.05, 0.1) is 5.69 Å². The Hall–Kier alpha value is -2.30. The highest BCUT2D eigenvalue weighted by Gasteiger charge is 2.14. The molecule has 0 aliphatic heterocycles. The molecule has 0 amide bonds. The van der Waals surface area contributed by atoms with Gasteiger partial charge in [-0.15, -0.1) is 0 Å². The van der Waals surface area contributed by atoms with E-state index in [1.165, 1.54) is 10.6 Å². The van der Waals surface area contributed by atoms with E-state index in [4.69, 9.17) is 5.73 Å². The zero-order valence-electron chi connectivity index (χ0n) is 11.2. The summed E-state index contributed by atoms with van der Waals surface area (Å²) in [5.41, 5.74) is 7.53. The summed E-state index contributed by atoms with van der Waals surface area (Å²) in [6, 6.07) is 7.04. The molecular weight excluding hydrogens is 242 g/mol. The van der Waals surface area contributed by atoms with Gasteiger partial charge in [-0.05, 0) is 24.0 Å². The minimum absolute atomic E-state index is 0.143. The fourth-order valence-electron chi connectivity index (χ4n) is 2.20. The Balaban J connectivity index is 2.87. The molecule has 0 saturated carbocycles. The molecule has 1 aromatic heterocycles. The number of nitrogen functional groups attached to an aromatic ring is 1. The SMILES string of the molecule is Cc1cccc(C(C)C)c1-n1c(N)cc(=O)[nH]c1=O. The molecule has 100 valence electrons. The molecule has 19 heavy (non-hydrogen) atoms. The van der Waals surface area contributed by atoms with Crippen LogP contribution >= 0.6 is 0 Å². The molecule has 0 unspecified atom stereocenters. The summed E-state index contributed by atoms with van der Waals surface area (Å²) in [6.07, 6.45) is 0. The number of H-pyrrole nitrogens is 1. The van der Waals surface area contributed by atoms with Crippen LogP contribution in [0.5, 0.6) is 0 Å². The first-order valence-corrected chi connectivity index (χ1v) is 6.13. The highest BCUT2D eigenvalue weighted by molar-refractivity contribution is 5.53. The van der Waals surface area contributed by atoms with E-state index in [9.17, 15) is 9.59 Å². The maximum absolute atomic E-state index is 12.0. The van der Waals surface area contributed by atoms with Crippen molar-refractivity contribution in [3.8, 4) is 5.69 Å². The van der Waals surface area contributed by atoms with Gasteiger partial charge in [-0.1, -0.05) is 32.0 Å². The van der Waals surface area contributed by atoms with Crippen molar-refractivity contribution >= 4 is 5.82 Å². The molecule has 2 aromatic rings. The van der Waals surface area contributed by atoms with Crippen LogP contribution in [-0.4, -0.2) is 9.55 Å². The normalized spacial score (nSPS) is 10.9. The molecule has 0 saturated heterocycles. The third kappa shape index (κ3) is 2.31. The Morgan fingerprint density at radius 2 is 1.95 bits per heavy atom. The quantitative estimate of drug-likeness (QED) is 0.858. The van der Waals surface area contributed by atoms with E-state index in [-0.39, 0.29) is 11.7 Å². The summed E-state index contributed by atoms with van der Waals surface area (Å²) in [6.45, 7) is 6.01. The number of nitrogens with one attached hydrogen (secondary N) is 1. The number of rotatable bonds is 2. The Kier molecular flexibility index (Phi) is 3.29. The lowest BCUT2D eigenvalue weighted by Crippen LogP contribution is -2.31. The third-order valence-corrected chi connectivity index (χ3v) is 3.08. The average molecular weight is 259 g/mol. The molecule has 0 aliphatic rings. The average Bonchev–Trinajstić information content (AvgIpc) is 2.29. The minimum Gasteiger partial charge on any atom is -0.385 e. The lowest BCUT2D eigenvalue weighted by atomic mass is 9.98. The van der Waals surface area contributed by atoms with E-state index in [0.29, 0.717) is 0 Å². The minimum atomic E-state index is -0.513. The molecule has 0 fully saturated rings. The number of para-hydroxylation sites is 1. The number of nitrogens with zero attached hydrogens (tertiary/aromatic N) is 1. The van der Waals surface area contributed by atoms with Gasteiger partial charge >= 0.3 is 5.69 Å². The van der Waals surface area contributed by atoms with Crippen LogP contribution in [0.3, 0.4) is 0 Å². The van der Waals surface area contributed by atoms with Crippen molar-refractivity contribution in [2.75, 3.05) is 5.73 Å². The third-order valence-electron chi connectivity index (χ3n) is 3.08. The van der Waals surface area contributed by atoms with E-state index in [1.54, 1.807) is 0 Å². The topological polar surface area (TPSA) is 80.9 Å². The number of aryl methyl sites for hydroxylation is 1. The van der Waals surface area contributed by atoms with Crippen molar-refractivity contribution in [2.45, 2.75) is 26.7 Å². The van der Waals surface area contributed by atoms with Crippen molar-refractivity contribution in [3.63, 3.8) is 0 Å². The van der Waals surface area contributed by atoms with Crippen molar-refractivity contribution in [1.82, 2.24) is 9.55 Å². The van der Waals surface area contributed by atoms with Crippen LogP contribution in [0.2, 0.25) is 0 Å². The van der Waals surface area contributed by atoms with Gasteiger partial charge in [0.15, 0.2) is 0 Å². The summed E-state index contributed by atoms with van der Waals surface area (Å²) < 4.78 is 1.35. The van der Waals surface area contributed by atoms with Gasteiger partial charge in [0.25, 0.3) is 5.56 Å².